The second-order valence-electron chi connectivity index (χ2n) is 7.90. The van der Waals surface area contributed by atoms with Crippen LogP contribution in [0.3, 0.4) is 0 Å². The van der Waals surface area contributed by atoms with Crippen molar-refractivity contribution in [2.75, 3.05) is 18.0 Å². The number of aromatic nitrogens is 6. The Hall–Kier alpha value is -3.08. The van der Waals surface area contributed by atoms with Crippen molar-refractivity contribution < 1.29 is 0 Å². The highest BCUT2D eigenvalue weighted by Gasteiger charge is 2.27. The van der Waals surface area contributed by atoms with Crippen LogP contribution in [0.5, 0.6) is 0 Å². The molecule has 8 heteroatoms. The minimum atomic E-state index is -0.0290. The predicted molar refractivity (Wildman–Crippen MR) is 100 cm³/mol. The van der Waals surface area contributed by atoms with E-state index in [0.29, 0.717) is 11.5 Å². The lowest BCUT2D eigenvalue weighted by Gasteiger charge is -2.32. The van der Waals surface area contributed by atoms with E-state index in [0.717, 1.165) is 43.1 Å². The average molecular weight is 362 g/mol. The minimum Gasteiger partial charge on any atom is -0.354 e. The van der Waals surface area contributed by atoms with Gasteiger partial charge in [-0.3, -0.25) is 0 Å². The molecule has 0 amide bonds. The maximum Gasteiger partial charge on any atom is 0.183 e. The van der Waals surface area contributed by atoms with Crippen LogP contribution >= 0.6 is 0 Å². The lowest BCUT2D eigenvalue weighted by molar-refractivity contribution is 0.470. The van der Waals surface area contributed by atoms with Gasteiger partial charge in [0.05, 0.1) is 5.69 Å². The Kier molecular flexibility index (Phi) is 4.22. The van der Waals surface area contributed by atoms with E-state index in [1.807, 2.05) is 16.6 Å². The quantitative estimate of drug-likeness (QED) is 0.691. The van der Waals surface area contributed by atoms with Crippen molar-refractivity contribution in [1.82, 2.24) is 29.8 Å². The first-order valence-corrected chi connectivity index (χ1v) is 9.16. The van der Waals surface area contributed by atoms with Gasteiger partial charge in [0.15, 0.2) is 23.0 Å². The fourth-order valence-electron chi connectivity index (χ4n) is 3.45. The molecule has 3 aromatic heterocycles. The fraction of sp³-hybridized carbons (Fsp3) is 0.474. The molecule has 0 radical (unpaired) electrons. The Labute approximate surface area is 157 Å². The van der Waals surface area contributed by atoms with E-state index < -0.39 is 0 Å². The third-order valence-electron chi connectivity index (χ3n) is 5.00. The number of piperidine rings is 1. The molecule has 1 fully saturated rings. The highest BCUT2D eigenvalue weighted by atomic mass is 15.4. The lowest BCUT2D eigenvalue weighted by Crippen LogP contribution is -2.34. The molecule has 0 N–H and O–H groups in total. The largest absolute Gasteiger partial charge is 0.354 e. The molecule has 1 saturated heterocycles. The number of anilines is 1. The monoisotopic (exact) mass is 362 g/mol. The third kappa shape index (κ3) is 3.21. The van der Waals surface area contributed by atoms with Gasteiger partial charge < -0.3 is 4.90 Å². The van der Waals surface area contributed by atoms with Gasteiger partial charge in [0.1, 0.15) is 6.07 Å². The fourth-order valence-corrected chi connectivity index (χ4v) is 3.45. The van der Waals surface area contributed by atoms with Crippen LogP contribution in [0.1, 0.15) is 56.7 Å². The van der Waals surface area contributed by atoms with Crippen LogP contribution in [0.15, 0.2) is 24.5 Å². The molecule has 3 aromatic rings. The van der Waals surface area contributed by atoms with Crippen LogP contribution in [0.2, 0.25) is 0 Å². The van der Waals surface area contributed by atoms with Crippen molar-refractivity contribution in [2.24, 2.45) is 0 Å². The number of nitrogens with zero attached hydrogens (tertiary/aromatic N) is 8. The molecule has 4 heterocycles. The number of hydrogen-bond donors (Lipinski definition) is 0. The highest BCUT2D eigenvalue weighted by Crippen LogP contribution is 2.30. The van der Waals surface area contributed by atoms with Gasteiger partial charge in [-0.25, -0.2) is 9.97 Å². The summed E-state index contributed by atoms with van der Waals surface area (Å²) in [7, 11) is 0. The van der Waals surface area contributed by atoms with E-state index in [1.165, 1.54) is 0 Å². The number of nitriles is 1. The topological polar surface area (TPSA) is 95.9 Å². The Bertz CT molecular complexity index is 1000. The maximum absolute atomic E-state index is 9.25. The third-order valence-corrected chi connectivity index (χ3v) is 5.00. The average Bonchev–Trinajstić information content (AvgIpc) is 3.10. The summed E-state index contributed by atoms with van der Waals surface area (Å²) in [4.78, 5) is 10.6. The summed E-state index contributed by atoms with van der Waals surface area (Å²) in [5.74, 6) is 1.86. The first-order chi connectivity index (χ1) is 13.0. The lowest BCUT2D eigenvalue weighted by atomic mass is 9.92. The Balaban J connectivity index is 1.57. The highest BCUT2D eigenvalue weighted by molar-refractivity contribution is 5.50. The van der Waals surface area contributed by atoms with Gasteiger partial charge in [-0.05, 0) is 25.0 Å². The molecular weight excluding hydrogens is 340 g/mol. The van der Waals surface area contributed by atoms with Crippen LogP contribution in [0, 0.1) is 11.3 Å². The van der Waals surface area contributed by atoms with Crippen molar-refractivity contribution in [1.29, 1.82) is 5.26 Å². The van der Waals surface area contributed by atoms with Crippen LogP contribution in [-0.2, 0) is 5.41 Å². The molecule has 0 aliphatic carbocycles. The van der Waals surface area contributed by atoms with Crippen LogP contribution in [0.4, 0.5) is 5.82 Å². The van der Waals surface area contributed by atoms with E-state index in [4.69, 9.17) is 5.10 Å². The molecule has 8 nitrogen and oxygen atoms in total. The smallest absolute Gasteiger partial charge is 0.183 e. The van der Waals surface area contributed by atoms with Gasteiger partial charge in [0, 0.05) is 36.8 Å². The SMILES string of the molecule is CC(C)(C)c1ccc2nnc(C3CCN(c4nccnc4C#N)CC3)n2n1. The Morgan fingerprint density at radius 3 is 2.52 bits per heavy atom. The van der Waals surface area contributed by atoms with Gasteiger partial charge in [-0.2, -0.15) is 14.9 Å². The summed E-state index contributed by atoms with van der Waals surface area (Å²) in [6.45, 7) is 8.05. The summed E-state index contributed by atoms with van der Waals surface area (Å²) in [5, 5.41) is 22.8. The van der Waals surface area contributed by atoms with Crippen molar-refractivity contribution in [2.45, 2.75) is 44.9 Å². The first-order valence-electron chi connectivity index (χ1n) is 9.16. The molecular formula is C19H22N8. The van der Waals surface area contributed by atoms with Gasteiger partial charge >= 0.3 is 0 Å². The summed E-state index contributed by atoms with van der Waals surface area (Å²) >= 11 is 0. The van der Waals surface area contributed by atoms with E-state index in [9.17, 15) is 5.26 Å². The van der Waals surface area contributed by atoms with Crippen molar-refractivity contribution in [3.63, 3.8) is 0 Å². The molecule has 0 aromatic carbocycles. The van der Waals surface area contributed by atoms with Crippen molar-refractivity contribution in [3.8, 4) is 6.07 Å². The minimum absolute atomic E-state index is 0.0290. The molecule has 0 bridgehead atoms. The van der Waals surface area contributed by atoms with Gasteiger partial charge in [-0.1, -0.05) is 20.8 Å². The predicted octanol–water partition coefficient (Wildman–Crippen LogP) is 2.47. The molecule has 1 aliphatic heterocycles. The van der Waals surface area contributed by atoms with Crippen LogP contribution in [0.25, 0.3) is 5.65 Å². The summed E-state index contributed by atoms with van der Waals surface area (Å²) in [5.41, 5.74) is 2.15. The standard InChI is InChI=1S/C19H22N8/c1-19(2,3)15-4-5-16-23-24-17(27(16)25-15)13-6-10-26(11-7-13)18-14(12-20)21-8-9-22-18/h4-5,8-9,13H,6-7,10-11H2,1-3H3. The second kappa shape index (κ2) is 6.58. The van der Waals surface area contributed by atoms with Crippen molar-refractivity contribution >= 4 is 11.5 Å². The molecule has 4 rings (SSSR count). The van der Waals surface area contributed by atoms with Crippen LogP contribution < -0.4 is 4.90 Å². The first kappa shape index (κ1) is 17.3. The molecule has 0 spiro atoms. The van der Waals surface area contributed by atoms with E-state index in [2.05, 4.69) is 51.9 Å². The zero-order valence-electron chi connectivity index (χ0n) is 15.8. The molecule has 138 valence electrons. The number of fused-ring (bicyclic) bond motifs is 1. The van der Waals surface area contributed by atoms with E-state index in [-0.39, 0.29) is 11.3 Å². The summed E-state index contributed by atoms with van der Waals surface area (Å²) < 4.78 is 1.89. The van der Waals surface area contributed by atoms with Crippen molar-refractivity contribution in [3.05, 3.63) is 41.7 Å². The van der Waals surface area contributed by atoms with E-state index in [1.54, 1.807) is 12.4 Å². The molecule has 27 heavy (non-hydrogen) atoms. The molecule has 0 saturated carbocycles. The maximum atomic E-state index is 9.25. The zero-order chi connectivity index (χ0) is 19.0. The normalized spacial score (nSPS) is 15.9. The molecule has 0 atom stereocenters. The Morgan fingerprint density at radius 2 is 1.81 bits per heavy atom. The van der Waals surface area contributed by atoms with Gasteiger partial charge in [-0.15, -0.1) is 10.2 Å². The summed E-state index contributed by atoms with van der Waals surface area (Å²) in [6, 6.07) is 6.13. The number of hydrogen-bond acceptors (Lipinski definition) is 7. The summed E-state index contributed by atoms with van der Waals surface area (Å²) in [6.07, 6.45) is 5.00. The van der Waals surface area contributed by atoms with Gasteiger partial charge in [0.25, 0.3) is 0 Å². The Morgan fingerprint density at radius 1 is 1.07 bits per heavy atom. The second-order valence-corrected chi connectivity index (χ2v) is 7.90. The molecule has 1 aliphatic rings. The molecule has 0 unspecified atom stereocenters. The number of rotatable bonds is 2. The van der Waals surface area contributed by atoms with Crippen LogP contribution in [-0.4, -0.2) is 42.9 Å². The van der Waals surface area contributed by atoms with Gasteiger partial charge in [0.2, 0.25) is 0 Å². The van der Waals surface area contributed by atoms with E-state index >= 15 is 0 Å². The zero-order valence-corrected chi connectivity index (χ0v) is 15.8.